The van der Waals surface area contributed by atoms with Gasteiger partial charge in [-0.25, -0.2) is 0 Å². The molecule has 0 aliphatic carbocycles. The fourth-order valence-electron chi connectivity index (χ4n) is 3.68. The van der Waals surface area contributed by atoms with Crippen molar-refractivity contribution in [2.45, 2.75) is 19.3 Å². The maximum Gasteiger partial charge on any atom is 0.256 e. The topological polar surface area (TPSA) is 58.4 Å². The lowest BCUT2D eigenvalue weighted by molar-refractivity contribution is 0.102. The van der Waals surface area contributed by atoms with Crippen molar-refractivity contribution in [3.8, 4) is 0 Å². The van der Waals surface area contributed by atoms with E-state index in [1.165, 1.54) is 19.3 Å². The molecule has 0 saturated carbocycles. The van der Waals surface area contributed by atoms with Crippen molar-refractivity contribution in [1.29, 1.82) is 0 Å². The van der Waals surface area contributed by atoms with Gasteiger partial charge in [0.2, 0.25) is 0 Å². The molecule has 0 aromatic heterocycles. The van der Waals surface area contributed by atoms with Crippen LogP contribution in [0.2, 0.25) is 0 Å². The summed E-state index contributed by atoms with van der Waals surface area (Å²) in [7, 11) is 0. The highest BCUT2D eigenvalue weighted by molar-refractivity contribution is 6.13. The number of hydrogen-bond acceptors (Lipinski definition) is 3. The first kappa shape index (κ1) is 16.5. The van der Waals surface area contributed by atoms with E-state index in [0.29, 0.717) is 11.3 Å². The molecule has 1 aliphatic rings. The Balaban J connectivity index is 1.57. The van der Waals surface area contributed by atoms with Crippen LogP contribution in [-0.2, 0) is 0 Å². The molecule has 0 radical (unpaired) electrons. The summed E-state index contributed by atoms with van der Waals surface area (Å²) in [5, 5.41) is 4.99. The highest BCUT2D eigenvalue weighted by atomic mass is 16.1. The Kier molecular flexibility index (Phi) is 4.48. The molecule has 3 N–H and O–H groups in total. The Morgan fingerprint density at radius 3 is 2.50 bits per heavy atom. The molecule has 0 spiro atoms. The van der Waals surface area contributed by atoms with Crippen molar-refractivity contribution in [2.75, 3.05) is 29.0 Å². The van der Waals surface area contributed by atoms with Crippen LogP contribution in [0, 0.1) is 0 Å². The second-order valence-electron chi connectivity index (χ2n) is 6.80. The second kappa shape index (κ2) is 7.08. The SMILES string of the molecule is Nc1cc(NC(=O)c2cccc3ccccc23)ccc1N1CCCCC1. The summed E-state index contributed by atoms with van der Waals surface area (Å²) in [5.41, 5.74) is 9.43. The average Bonchev–Trinajstić information content (AvgIpc) is 2.68. The maximum absolute atomic E-state index is 12.8. The lowest BCUT2D eigenvalue weighted by atomic mass is 10.0. The van der Waals surface area contributed by atoms with Crippen LogP contribution in [0.15, 0.2) is 60.7 Å². The lowest BCUT2D eigenvalue weighted by Gasteiger charge is -2.30. The normalized spacial score (nSPS) is 14.4. The predicted molar refractivity (Wildman–Crippen MR) is 109 cm³/mol. The number of rotatable bonds is 3. The molecule has 3 aromatic rings. The Labute approximate surface area is 153 Å². The lowest BCUT2D eigenvalue weighted by Crippen LogP contribution is -2.30. The summed E-state index contributed by atoms with van der Waals surface area (Å²) >= 11 is 0. The number of nitrogens with zero attached hydrogens (tertiary/aromatic N) is 1. The largest absolute Gasteiger partial charge is 0.397 e. The number of benzene rings is 3. The number of piperidine rings is 1. The number of carbonyl (C=O) groups is 1. The number of carbonyl (C=O) groups excluding carboxylic acids is 1. The molecule has 0 atom stereocenters. The standard InChI is InChI=1S/C22H23N3O/c23-20-15-17(11-12-21(20)25-13-4-1-5-14-25)24-22(26)19-10-6-8-16-7-2-3-9-18(16)19/h2-3,6-12,15H,1,4-5,13-14,23H2,(H,24,26). The first-order chi connectivity index (χ1) is 12.7. The highest BCUT2D eigenvalue weighted by Gasteiger charge is 2.15. The smallest absolute Gasteiger partial charge is 0.256 e. The van der Waals surface area contributed by atoms with E-state index in [4.69, 9.17) is 5.73 Å². The predicted octanol–water partition coefficient (Wildman–Crippen LogP) is 4.66. The number of anilines is 3. The van der Waals surface area contributed by atoms with E-state index < -0.39 is 0 Å². The van der Waals surface area contributed by atoms with Gasteiger partial charge in [0, 0.05) is 24.3 Å². The van der Waals surface area contributed by atoms with Crippen LogP contribution in [0.4, 0.5) is 17.1 Å². The molecule has 4 rings (SSSR count). The monoisotopic (exact) mass is 345 g/mol. The third-order valence-electron chi connectivity index (χ3n) is 5.02. The van der Waals surface area contributed by atoms with Crippen LogP contribution >= 0.6 is 0 Å². The first-order valence-electron chi connectivity index (χ1n) is 9.16. The van der Waals surface area contributed by atoms with E-state index in [9.17, 15) is 4.79 Å². The van der Waals surface area contributed by atoms with Gasteiger partial charge in [0.05, 0.1) is 11.4 Å². The molecule has 1 fully saturated rings. The van der Waals surface area contributed by atoms with Crippen LogP contribution in [0.3, 0.4) is 0 Å². The van der Waals surface area contributed by atoms with Gasteiger partial charge in [-0.15, -0.1) is 0 Å². The minimum atomic E-state index is -0.119. The molecule has 1 aliphatic heterocycles. The molecular weight excluding hydrogens is 322 g/mol. The maximum atomic E-state index is 12.8. The zero-order valence-electron chi connectivity index (χ0n) is 14.7. The van der Waals surface area contributed by atoms with Gasteiger partial charge < -0.3 is 16.0 Å². The van der Waals surface area contributed by atoms with Gasteiger partial charge in [0.25, 0.3) is 5.91 Å². The van der Waals surface area contributed by atoms with Gasteiger partial charge in [-0.2, -0.15) is 0 Å². The van der Waals surface area contributed by atoms with Gasteiger partial charge in [0.15, 0.2) is 0 Å². The third kappa shape index (κ3) is 3.23. The fraction of sp³-hybridized carbons (Fsp3) is 0.227. The summed E-state index contributed by atoms with van der Waals surface area (Å²) < 4.78 is 0. The summed E-state index contributed by atoms with van der Waals surface area (Å²) in [4.78, 5) is 15.1. The molecule has 26 heavy (non-hydrogen) atoms. The Morgan fingerprint density at radius 1 is 0.923 bits per heavy atom. The van der Waals surface area contributed by atoms with Crippen molar-refractivity contribution in [3.63, 3.8) is 0 Å². The Morgan fingerprint density at radius 2 is 1.69 bits per heavy atom. The van der Waals surface area contributed by atoms with Crippen LogP contribution in [0.25, 0.3) is 10.8 Å². The molecule has 4 heteroatoms. The van der Waals surface area contributed by atoms with Gasteiger partial charge in [-0.05, 0) is 54.3 Å². The van der Waals surface area contributed by atoms with Gasteiger partial charge in [-0.1, -0.05) is 36.4 Å². The average molecular weight is 345 g/mol. The van der Waals surface area contributed by atoms with Gasteiger partial charge in [0.1, 0.15) is 0 Å². The molecule has 1 saturated heterocycles. The van der Waals surface area contributed by atoms with E-state index >= 15 is 0 Å². The van der Waals surface area contributed by atoms with E-state index in [1.54, 1.807) is 0 Å². The third-order valence-corrected chi connectivity index (χ3v) is 5.02. The van der Waals surface area contributed by atoms with Gasteiger partial charge >= 0.3 is 0 Å². The van der Waals surface area contributed by atoms with E-state index in [-0.39, 0.29) is 5.91 Å². The Hall–Kier alpha value is -3.01. The highest BCUT2D eigenvalue weighted by Crippen LogP contribution is 2.29. The zero-order valence-corrected chi connectivity index (χ0v) is 14.7. The second-order valence-corrected chi connectivity index (χ2v) is 6.80. The van der Waals surface area contributed by atoms with Crippen LogP contribution in [0.5, 0.6) is 0 Å². The Bertz CT molecular complexity index is 940. The number of nitrogen functional groups attached to an aromatic ring is 1. The molecule has 1 heterocycles. The van der Waals surface area contributed by atoms with E-state index in [2.05, 4.69) is 10.2 Å². The van der Waals surface area contributed by atoms with Crippen LogP contribution in [0.1, 0.15) is 29.6 Å². The number of nitrogens with two attached hydrogens (primary N) is 1. The number of hydrogen-bond donors (Lipinski definition) is 2. The quantitative estimate of drug-likeness (QED) is 0.679. The summed E-state index contributed by atoms with van der Waals surface area (Å²) in [6.45, 7) is 2.10. The van der Waals surface area contributed by atoms with Crippen molar-refractivity contribution >= 4 is 33.7 Å². The molecule has 0 unspecified atom stereocenters. The van der Waals surface area contributed by atoms with Crippen molar-refractivity contribution in [3.05, 3.63) is 66.2 Å². The number of fused-ring (bicyclic) bond motifs is 1. The van der Waals surface area contributed by atoms with Crippen molar-refractivity contribution < 1.29 is 4.79 Å². The molecule has 3 aromatic carbocycles. The summed E-state index contributed by atoms with van der Waals surface area (Å²) in [6, 6.07) is 19.5. The minimum absolute atomic E-state index is 0.119. The molecule has 132 valence electrons. The molecule has 4 nitrogen and oxygen atoms in total. The van der Waals surface area contributed by atoms with E-state index in [1.807, 2.05) is 60.7 Å². The minimum Gasteiger partial charge on any atom is -0.397 e. The van der Waals surface area contributed by atoms with Crippen molar-refractivity contribution in [1.82, 2.24) is 0 Å². The van der Waals surface area contributed by atoms with Crippen LogP contribution in [-0.4, -0.2) is 19.0 Å². The fourth-order valence-corrected chi connectivity index (χ4v) is 3.68. The zero-order chi connectivity index (χ0) is 17.9. The molecule has 1 amide bonds. The summed E-state index contributed by atoms with van der Waals surface area (Å²) in [5.74, 6) is -0.119. The van der Waals surface area contributed by atoms with E-state index in [0.717, 1.165) is 35.2 Å². The van der Waals surface area contributed by atoms with Gasteiger partial charge in [-0.3, -0.25) is 4.79 Å². The summed E-state index contributed by atoms with van der Waals surface area (Å²) in [6.07, 6.45) is 3.70. The molecular formula is C22H23N3O. The first-order valence-corrected chi connectivity index (χ1v) is 9.16. The number of amides is 1. The number of nitrogens with one attached hydrogen (secondary N) is 1. The molecule has 0 bridgehead atoms. The van der Waals surface area contributed by atoms with Crippen LogP contribution < -0.4 is 16.0 Å². The van der Waals surface area contributed by atoms with Crippen molar-refractivity contribution in [2.24, 2.45) is 0 Å².